The van der Waals surface area contributed by atoms with Crippen molar-refractivity contribution in [1.29, 1.82) is 0 Å². The van der Waals surface area contributed by atoms with Crippen molar-refractivity contribution >= 4 is 84.3 Å². The van der Waals surface area contributed by atoms with E-state index in [0.29, 0.717) is 0 Å². The molecule has 0 aromatic heterocycles. The van der Waals surface area contributed by atoms with Crippen LogP contribution in [-0.2, 0) is 61.9 Å². The summed E-state index contributed by atoms with van der Waals surface area (Å²) in [7, 11) is 0. The predicted molar refractivity (Wildman–Crippen MR) is 142 cm³/mol. The fraction of sp³-hybridized carbons (Fsp3) is 0.773. The van der Waals surface area contributed by atoms with Crippen LogP contribution in [-0.4, -0.2) is 99.7 Å². The Kier molecular flexibility index (Phi) is 12.7. The van der Waals surface area contributed by atoms with Crippen LogP contribution >= 0.6 is 54.5 Å². The van der Waals surface area contributed by atoms with Crippen molar-refractivity contribution in [3.63, 3.8) is 0 Å². The quantitative estimate of drug-likeness (QED) is 0.137. The summed E-state index contributed by atoms with van der Waals surface area (Å²) in [5, 5.41) is 0.179. The molecule has 9 atom stereocenters. The number of rotatable bonds is 10. The first-order valence-corrected chi connectivity index (χ1v) is 14.9. The van der Waals surface area contributed by atoms with E-state index in [1.165, 1.54) is 27.7 Å². The maximum atomic E-state index is 12.0. The molecule has 2 heterocycles. The third-order valence-electron chi connectivity index (χ3n) is 5.32. The number of alkyl halides is 3. The van der Waals surface area contributed by atoms with Crippen molar-refractivity contribution in [2.75, 3.05) is 16.4 Å². The van der Waals surface area contributed by atoms with Gasteiger partial charge in [0.25, 0.3) is 0 Å². The average Bonchev–Trinajstić information content (AvgIpc) is 3.08. The van der Waals surface area contributed by atoms with Crippen molar-refractivity contribution in [1.82, 2.24) is 0 Å². The molecule has 38 heavy (non-hydrogen) atoms. The van der Waals surface area contributed by atoms with Gasteiger partial charge in [-0.05, 0) is 0 Å². The Bertz CT molecular complexity index is 904. The summed E-state index contributed by atoms with van der Waals surface area (Å²) in [6.45, 7) is 5.63. The van der Waals surface area contributed by atoms with Gasteiger partial charge in [0, 0.05) is 39.9 Å². The molecule has 0 radical (unpaired) electrons. The van der Waals surface area contributed by atoms with Crippen molar-refractivity contribution in [2.45, 2.75) is 88.1 Å². The Morgan fingerprint density at radius 1 is 0.789 bits per heavy atom. The molecule has 0 saturated carbocycles. The monoisotopic (exact) mass is 786 g/mol. The van der Waals surface area contributed by atoms with E-state index >= 15 is 0 Å². The van der Waals surface area contributed by atoms with Crippen LogP contribution in [0, 0.1) is 0 Å². The number of hydrogen-bond acceptors (Lipinski definition) is 13. The fourth-order valence-corrected chi connectivity index (χ4v) is 5.97. The largest absolute Gasteiger partial charge is 0.463 e. The van der Waals surface area contributed by atoms with Gasteiger partial charge in [-0.15, -0.1) is 0 Å². The Balaban J connectivity index is 2.55. The zero-order valence-electron chi connectivity index (χ0n) is 21.2. The molecule has 2 aliphatic heterocycles. The minimum absolute atomic E-state index is 0.0290. The molecular weight excluding hydrogens is 759 g/mol. The summed E-state index contributed by atoms with van der Waals surface area (Å²) in [6.07, 6.45) is -8.01. The molecule has 0 amide bonds. The van der Waals surface area contributed by atoms with Gasteiger partial charge in [-0.25, -0.2) is 0 Å². The van der Waals surface area contributed by atoms with Gasteiger partial charge in [0.2, 0.25) is 12.1 Å². The zero-order chi connectivity index (χ0) is 28.8. The molecule has 16 heteroatoms. The predicted octanol–water partition coefficient (Wildman–Crippen LogP) is 1.71. The Morgan fingerprint density at radius 2 is 1.32 bits per heavy atom. The maximum Gasteiger partial charge on any atom is 0.303 e. The summed E-state index contributed by atoms with van der Waals surface area (Å²) in [6, 6.07) is 0. The molecule has 216 valence electrons. The third-order valence-corrected chi connectivity index (χ3v) is 8.14. The van der Waals surface area contributed by atoms with Crippen LogP contribution in [0.5, 0.6) is 0 Å². The fourth-order valence-electron chi connectivity index (χ4n) is 3.99. The Hall–Kier alpha value is -1.08. The molecule has 2 saturated heterocycles. The summed E-state index contributed by atoms with van der Waals surface area (Å²) in [5.74, 6) is -5.10. The number of carbonyl (C=O) groups excluding carboxylic acids is 5. The Morgan fingerprint density at radius 3 is 1.79 bits per heavy atom. The van der Waals surface area contributed by atoms with E-state index in [2.05, 4.69) is 31.9 Å². The number of hydrogen-bond donors (Lipinski definition) is 0. The first kappa shape index (κ1) is 33.1. The summed E-state index contributed by atoms with van der Waals surface area (Å²) in [5.41, 5.74) is 0. The van der Waals surface area contributed by atoms with E-state index < -0.39 is 83.4 Å². The number of esters is 5. The number of halogens is 3. The SMILES string of the molecule is CC(=O)OC[C@H]1O[C@H](O[C@]2(CI)O[C@H](CBr)[C@@H](OC(C)=O)[C@@H]2OC(C)=O)[C@H](OC(C)=O)[C@@H](OC(C)=O)[C@@H]1Br. The van der Waals surface area contributed by atoms with E-state index in [9.17, 15) is 24.0 Å². The van der Waals surface area contributed by atoms with Gasteiger partial charge in [0.15, 0.2) is 24.4 Å². The molecule has 0 N–H and O–H groups in total. The highest BCUT2D eigenvalue weighted by molar-refractivity contribution is 14.1. The highest BCUT2D eigenvalue weighted by Crippen LogP contribution is 2.42. The minimum atomic E-state index is -1.76. The van der Waals surface area contributed by atoms with Gasteiger partial charge < -0.3 is 37.9 Å². The minimum Gasteiger partial charge on any atom is -0.463 e. The van der Waals surface area contributed by atoms with Crippen LogP contribution in [0.1, 0.15) is 34.6 Å². The highest BCUT2D eigenvalue weighted by atomic mass is 127. The molecule has 0 spiro atoms. The van der Waals surface area contributed by atoms with E-state index in [-0.39, 0.29) is 16.4 Å². The van der Waals surface area contributed by atoms with Crippen LogP contribution in [0.3, 0.4) is 0 Å². The van der Waals surface area contributed by atoms with Crippen LogP contribution in [0.15, 0.2) is 0 Å². The lowest BCUT2D eigenvalue weighted by molar-refractivity contribution is -0.357. The van der Waals surface area contributed by atoms with Gasteiger partial charge >= 0.3 is 29.8 Å². The van der Waals surface area contributed by atoms with Gasteiger partial charge in [-0.2, -0.15) is 0 Å². The topological polar surface area (TPSA) is 159 Å². The summed E-state index contributed by atoms with van der Waals surface area (Å²) in [4.78, 5) is 58.6. The van der Waals surface area contributed by atoms with E-state index in [0.717, 1.165) is 6.92 Å². The first-order valence-electron chi connectivity index (χ1n) is 11.3. The van der Waals surface area contributed by atoms with Crippen molar-refractivity contribution in [3.8, 4) is 0 Å². The van der Waals surface area contributed by atoms with Crippen molar-refractivity contribution in [3.05, 3.63) is 0 Å². The molecule has 0 aromatic carbocycles. The smallest absolute Gasteiger partial charge is 0.303 e. The maximum absolute atomic E-state index is 12.0. The van der Waals surface area contributed by atoms with E-state index in [1.54, 1.807) is 0 Å². The molecule has 0 bridgehead atoms. The molecule has 0 aromatic rings. The van der Waals surface area contributed by atoms with Gasteiger partial charge in [-0.3, -0.25) is 24.0 Å². The second-order valence-electron chi connectivity index (χ2n) is 8.42. The zero-order valence-corrected chi connectivity index (χ0v) is 26.5. The van der Waals surface area contributed by atoms with Gasteiger partial charge in [0.05, 0.1) is 9.25 Å². The molecule has 2 fully saturated rings. The Labute approximate surface area is 249 Å². The normalized spacial score (nSPS) is 34.6. The molecule has 0 aliphatic carbocycles. The van der Waals surface area contributed by atoms with Crippen molar-refractivity contribution < 1.29 is 61.9 Å². The van der Waals surface area contributed by atoms with Gasteiger partial charge in [0.1, 0.15) is 18.8 Å². The standard InChI is InChI=1S/C22H29Br2IO13/c1-9(26)31-7-15-16(24)18(33-11(3)28)19(34-12(4)29)21(36-15)38-22(8-25)20(35-13(5)30)17(32-10(2)27)14(6-23)37-22/h14-21H,6-8H2,1-5H3/t14-,15-,16-,17-,18+,19-,20+,21-,22+/m1/s1. The van der Waals surface area contributed by atoms with E-state index in [4.69, 9.17) is 37.9 Å². The van der Waals surface area contributed by atoms with Gasteiger partial charge in [-0.1, -0.05) is 54.5 Å². The molecule has 13 nitrogen and oxygen atoms in total. The average molecular weight is 788 g/mol. The molecule has 0 unspecified atom stereocenters. The van der Waals surface area contributed by atoms with Crippen LogP contribution in [0.2, 0.25) is 0 Å². The number of carbonyl (C=O) groups is 5. The lowest BCUT2D eigenvalue weighted by Gasteiger charge is -2.45. The first-order chi connectivity index (χ1) is 17.7. The molecule has 2 aliphatic rings. The molecular formula is C22H29Br2IO13. The van der Waals surface area contributed by atoms with E-state index in [1.807, 2.05) is 22.6 Å². The third kappa shape index (κ3) is 8.46. The van der Waals surface area contributed by atoms with Crippen LogP contribution in [0.25, 0.3) is 0 Å². The highest BCUT2D eigenvalue weighted by Gasteiger charge is 2.62. The lowest BCUT2D eigenvalue weighted by Crippen LogP contribution is -2.63. The van der Waals surface area contributed by atoms with Crippen molar-refractivity contribution in [2.24, 2.45) is 0 Å². The van der Waals surface area contributed by atoms with Crippen LogP contribution < -0.4 is 0 Å². The summed E-state index contributed by atoms with van der Waals surface area (Å²) < 4.78 is 45.5. The summed E-state index contributed by atoms with van der Waals surface area (Å²) >= 11 is 8.65. The molecule has 2 rings (SSSR count). The lowest BCUT2D eigenvalue weighted by atomic mass is 10.0. The second-order valence-corrected chi connectivity index (χ2v) is 10.9. The van der Waals surface area contributed by atoms with Crippen LogP contribution in [0.4, 0.5) is 0 Å². The second kappa shape index (κ2) is 14.5. The number of ether oxygens (including phenoxy) is 8.